The average molecular weight is 287 g/mol. The van der Waals surface area contributed by atoms with Crippen LogP contribution in [0.5, 0.6) is 0 Å². The third-order valence-electron chi connectivity index (χ3n) is 3.72. The number of aliphatic hydroxyl groups excluding tert-OH is 1. The summed E-state index contributed by atoms with van der Waals surface area (Å²) in [7, 11) is 1.63. The molecule has 0 radical (unpaired) electrons. The summed E-state index contributed by atoms with van der Waals surface area (Å²) in [6.45, 7) is 3.76. The second-order valence-electron chi connectivity index (χ2n) is 5.04. The topological polar surface area (TPSA) is 46.5 Å². The monoisotopic (exact) mass is 286 g/mol. The van der Waals surface area contributed by atoms with Gasteiger partial charge in [-0.25, -0.2) is 0 Å². The molecule has 1 aliphatic rings. The Balaban J connectivity index is 2.27. The van der Waals surface area contributed by atoms with Gasteiger partial charge in [0.05, 0.1) is 19.0 Å². The number of halogens is 1. The minimum atomic E-state index is -0.580. The van der Waals surface area contributed by atoms with E-state index in [9.17, 15) is 9.90 Å². The molecule has 4 heteroatoms. The summed E-state index contributed by atoms with van der Waals surface area (Å²) in [4.78, 5) is 11.0. The van der Waals surface area contributed by atoms with E-state index in [1.807, 2.05) is 0 Å². The van der Waals surface area contributed by atoms with Crippen molar-refractivity contribution in [3.63, 3.8) is 0 Å². The Morgan fingerprint density at radius 1 is 1.53 bits per heavy atom. The summed E-state index contributed by atoms with van der Waals surface area (Å²) >= 11 is 6.17. The van der Waals surface area contributed by atoms with Crippen molar-refractivity contribution in [2.24, 2.45) is 11.8 Å². The van der Waals surface area contributed by atoms with Gasteiger partial charge in [-0.15, -0.1) is 11.6 Å². The molecular formula is C15H23ClO3. The van der Waals surface area contributed by atoms with Gasteiger partial charge in [0.2, 0.25) is 0 Å². The maximum absolute atomic E-state index is 11.0. The number of methoxy groups -OCH3 is 1. The average Bonchev–Trinajstić information content (AvgIpc) is 2.67. The molecule has 3 nitrogen and oxygen atoms in total. The van der Waals surface area contributed by atoms with Crippen LogP contribution in [0.25, 0.3) is 0 Å². The van der Waals surface area contributed by atoms with E-state index in [0.29, 0.717) is 6.42 Å². The van der Waals surface area contributed by atoms with Gasteiger partial charge in [-0.05, 0) is 31.6 Å². The molecule has 1 saturated carbocycles. The zero-order chi connectivity index (χ0) is 14.3. The van der Waals surface area contributed by atoms with E-state index >= 15 is 0 Å². The molecule has 0 heterocycles. The van der Waals surface area contributed by atoms with Crippen LogP contribution in [0.15, 0.2) is 24.5 Å². The van der Waals surface area contributed by atoms with Crippen LogP contribution in [0, 0.1) is 11.8 Å². The fraction of sp³-hybridized carbons (Fsp3) is 0.667. The fourth-order valence-corrected chi connectivity index (χ4v) is 2.93. The molecule has 4 atom stereocenters. The van der Waals surface area contributed by atoms with Gasteiger partial charge < -0.3 is 14.6 Å². The molecule has 19 heavy (non-hydrogen) atoms. The molecule has 1 N–H and O–H groups in total. The van der Waals surface area contributed by atoms with E-state index < -0.39 is 6.10 Å². The first-order valence-corrected chi connectivity index (χ1v) is 7.18. The van der Waals surface area contributed by atoms with Gasteiger partial charge in [0, 0.05) is 17.7 Å². The van der Waals surface area contributed by atoms with Gasteiger partial charge in [-0.3, -0.25) is 0 Å². The molecule has 0 aromatic rings. The first-order valence-electron chi connectivity index (χ1n) is 6.74. The lowest BCUT2D eigenvalue weighted by atomic mass is 9.92. The Morgan fingerprint density at radius 3 is 2.89 bits per heavy atom. The number of ether oxygens (including phenoxy) is 1. The maximum atomic E-state index is 11.0. The highest BCUT2D eigenvalue weighted by Crippen LogP contribution is 2.37. The van der Waals surface area contributed by atoms with E-state index in [1.165, 1.54) is 0 Å². The second-order valence-corrected chi connectivity index (χ2v) is 5.60. The molecule has 0 amide bonds. The number of rotatable bonds is 8. The van der Waals surface area contributed by atoms with Crippen LogP contribution in [-0.2, 0) is 9.53 Å². The molecule has 0 aromatic carbocycles. The number of aldehydes is 1. The van der Waals surface area contributed by atoms with Crippen LogP contribution in [0.2, 0.25) is 0 Å². The number of allylic oxidation sites excluding steroid dienone is 3. The summed E-state index contributed by atoms with van der Waals surface area (Å²) in [6, 6.07) is 0. The van der Waals surface area contributed by atoms with Crippen LogP contribution < -0.4 is 0 Å². The van der Waals surface area contributed by atoms with Gasteiger partial charge in [0.15, 0.2) is 0 Å². The van der Waals surface area contributed by atoms with Crippen LogP contribution >= 0.6 is 11.6 Å². The number of hydrogen-bond donors (Lipinski definition) is 1. The second kappa shape index (κ2) is 8.39. The first-order chi connectivity index (χ1) is 9.10. The molecule has 1 fully saturated rings. The van der Waals surface area contributed by atoms with Gasteiger partial charge in [-0.2, -0.15) is 0 Å². The number of hydrogen-bond acceptors (Lipinski definition) is 3. The summed E-state index contributed by atoms with van der Waals surface area (Å²) < 4.78 is 4.99. The Bertz CT molecular complexity index is 327. The maximum Gasteiger partial charge on any atom is 0.125 e. The summed E-state index contributed by atoms with van der Waals surface area (Å²) in [5.74, 6) is 0.536. The van der Waals surface area contributed by atoms with Crippen LogP contribution in [0.1, 0.15) is 32.1 Å². The predicted octanol–water partition coefficient (Wildman–Crippen LogP) is 3.07. The third kappa shape index (κ3) is 5.00. The minimum Gasteiger partial charge on any atom is -0.502 e. The fourth-order valence-electron chi connectivity index (χ4n) is 2.48. The molecule has 0 aliphatic heterocycles. The lowest BCUT2D eigenvalue weighted by molar-refractivity contribution is -0.114. The zero-order valence-electron chi connectivity index (χ0n) is 11.4. The Morgan fingerprint density at radius 2 is 2.26 bits per heavy atom. The predicted molar refractivity (Wildman–Crippen MR) is 77.1 cm³/mol. The largest absolute Gasteiger partial charge is 0.502 e. The van der Waals surface area contributed by atoms with E-state index in [0.717, 1.165) is 37.7 Å². The Kier molecular flexibility index (Phi) is 7.17. The third-order valence-corrected chi connectivity index (χ3v) is 4.22. The summed E-state index contributed by atoms with van der Waals surface area (Å²) in [6.07, 6.45) is 8.49. The molecule has 0 bridgehead atoms. The van der Waals surface area contributed by atoms with E-state index in [4.69, 9.17) is 16.3 Å². The van der Waals surface area contributed by atoms with Crippen LogP contribution in [0.4, 0.5) is 0 Å². The van der Waals surface area contributed by atoms with Gasteiger partial charge in [0.25, 0.3) is 0 Å². The van der Waals surface area contributed by atoms with Crippen LogP contribution in [0.3, 0.4) is 0 Å². The van der Waals surface area contributed by atoms with E-state index in [-0.39, 0.29) is 17.2 Å². The highest BCUT2D eigenvalue weighted by Gasteiger charge is 2.40. The normalized spacial score (nSPS) is 30.7. The molecule has 1 aliphatic carbocycles. The van der Waals surface area contributed by atoms with Crippen molar-refractivity contribution >= 4 is 17.9 Å². The number of aliphatic hydroxyl groups is 1. The van der Waals surface area contributed by atoms with Crippen molar-refractivity contribution in [3.8, 4) is 0 Å². The quantitative estimate of drug-likeness (QED) is 0.245. The molecule has 1 rings (SSSR count). The molecule has 0 saturated heterocycles. The molecule has 0 spiro atoms. The number of carbonyl (C=O) groups excluding carboxylic acids is 1. The molecular weight excluding hydrogens is 264 g/mol. The lowest BCUT2D eigenvalue weighted by Crippen LogP contribution is -2.21. The Labute approximate surface area is 120 Å². The number of carbonyl (C=O) groups is 1. The minimum absolute atomic E-state index is 0.0550. The van der Waals surface area contributed by atoms with E-state index in [2.05, 4.69) is 18.7 Å². The highest BCUT2D eigenvalue weighted by molar-refractivity contribution is 6.21. The van der Waals surface area contributed by atoms with Gasteiger partial charge >= 0.3 is 0 Å². The lowest BCUT2D eigenvalue weighted by Gasteiger charge is -2.16. The molecule has 0 aromatic heterocycles. The standard InChI is InChI=1S/C15H23ClO3/c1-11(19-2)7-5-3-4-6-8-12-13(10-17)15(18)9-14(12)16/h4,6,10,12-15,18H,1,3,5,7-9H2,2H3/b6-4-/t12-,13-,14-,15-/m1/s1. The van der Waals surface area contributed by atoms with Crippen molar-refractivity contribution in [1.82, 2.24) is 0 Å². The number of unbranched alkanes of at least 4 members (excludes halogenated alkanes) is 1. The van der Waals surface area contributed by atoms with Gasteiger partial charge in [-0.1, -0.05) is 18.7 Å². The SMILES string of the molecule is C=C(CCC/C=C\C[C@@H]1[C@@H](C=O)[C@H](O)C[C@H]1Cl)OC. The first kappa shape index (κ1) is 16.3. The summed E-state index contributed by atoms with van der Waals surface area (Å²) in [5.41, 5.74) is 0. The van der Waals surface area contributed by atoms with Crippen LogP contribution in [-0.4, -0.2) is 30.0 Å². The molecule has 108 valence electrons. The van der Waals surface area contributed by atoms with Crippen molar-refractivity contribution in [3.05, 3.63) is 24.5 Å². The zero-order valence-corrected chi connectivity index (χ0v) is 12.2. The van der Waals surface area contributed by atoms with Crippen molar-refractivity contribution in [2.45, 2.75) is 43.6 Å². The summed E-state index contributed by atoms with van der Waals surface area (Å²) in [5, 5.41) is 9.59. The van der Waals surface area contributed by atoms with Crippen molar-refractivity contribution in [1.29, 1.82) is 0 Å². The van der Waals surface area contributed by atoms with Crippen molar-refractivity contribution < 1.29 is 14.6 Å². The molecule has 0 unspecified atom stereocenters. The highest BCUT2D eigenvalue weighted by atomic mass is 35.5. The van der Waals surface area contributed by atoms with E-state index in [1.54, 1.807) is 7.11 Å². The van der Waals surface area contributed by atoms with Crippen molar-refractivity contribution in [2.75, 3.05) is 7.11 Å². The smallest absolute Gasteiger partial charge is 0.125 e. The Hall–Kier alpha value is -0.800. The van der Waals surface area contributed by atoms with Gasteiger partial charge in [0.1, 0.15) is 6.29 Å². The number of alkyl halides is 1.